The van der Waals surface area contributed by atoms with Gasteiger partial charge in [0.25, 0.3) is 0 Å². The number of aliphatic carboxylic acids is 1. The largest absolute Gasteiger partial charge is 0.480 e. The fourth-order valence-electron chi connectivity index (χ4n) is 1.79. The molecule has 1 atom stereocenters. The molecule has 23 heavy (non-hydrogen) atoms. The van der Waals surface area contributed by atoms with Crippen LogP contribution in [0.5, 0.6) is 0 Å². The van der Waals surface area contributed by atoms with Gasteiger partial charge in [0.1, 0.15) is 6.04 Å². The van der Waals surface area contributed by atoms with Crippen LogP contribution < -0.4 is 5.73 Å². The molecule has 0 aliphatic carbocycles. The van der Waals surface area contributed by atoms with Crippen LogP contribution in [0.1, 0.15) is 11.1 Å². The van der Waals surface area contributed by atoms with Crippen LogP contribution in [0.3, 0.4) is 0 Å². The maximum Gasteiger partial charge on any atom is 0.320 e. The van der Waals surface area contributed by atoms with Gasteiger partial charge in [-0.1, -0.05) is 60.7 Å². The lowest BCUT2D eigenvalue weighted by Gasteiger charge is -2.04. The molecule has 2 rings (SSSR count). The van der Waals surface area contributed by atoms with Crippen LogP contribution in [-0.4, -0.2) is 30.2 Å². The van der Waals surface area contributed by atoms with Crippen LogP contribution in [0, 0.1) is 0 Å². The number of carbonyl (C=O) groups excluding carboxylic acids is 1. The Balaban J connectivity index is 0.000000231. The lowest BCUT2D eigenvalue weighted by Crippen LogP contribution is -2.32. The second kappa shape index (κ2) is 10.1. The molecule has 5 nitrogen and oxygen atoms in total. The Morgan fingerprint density at radius 3 is 1.91 bits per heavy atom. The predicted octanol–water partition coefficient (Wildman–Crippen LogP) is 2.04. The lowest BCUT2D eigenvalue weighted by atomic mass is 10.1. The van der Waals surface area contributed by atoms with Gasteiger partial charge < -0.3 is 15.6 Å². The Kier molecular flexibility index (Phi) is 8.10. The third kappa shape index (κ3) is 7.78. The van der Waals surface area contributed by atoms with E-state index in [1.54, 1.807) is 0 Å². The van der Waals surface area contributed by atoms with Crippen molar-refractivity contribution in [3.8, 4) is 0 Å². The van der Waals surface area contributed by atoms with Crippen LogP contribution in [0.4, 0.5) is 0 Å². The monoisotopic (exact) mass is 315 g/mol. The van der Waals surface area contributed by atoms with E-state index in [0.29, 0.717) is 12.8 Å². The van der Waals surface area contributed by atoms with Crippen LogP contribution in [-0.2, 0) is 27.2 Å². The molecule has 5 heteroatoms. The third-order valence-corrected chi connectivity index (χ3v) is 3.03. The quantitative estimate of drug-likeness (QED) is 0.824. The van der Waals surface area contributed by atoms with Gasteiger partial charge in [-0.3, -0.25) is 9.59 Å². The molecule has 0 aliphatic rings. The molecule has 0 bridgehead atoms. The maximum absolute atomic E-state index is 10.8. The van der Waals surface area contributed by atoms with Gasteiger partial charge in [-0.15, -0.1) is 0 Å². The molecule has 122 valence electrons. The first-order valence-corrected chi connectivity index (χ1v) is 7.16. The van der Waals surface area contributed by atoms with Crippen molar-refractivity contribution in [1.29, 1.82) is 0 Å². The van der Waals surface area contributed by atoms with E-state index in [-0.39, 0.29) is 5.97 Å². The fraction of sp³-hybridized carbons (Fsp3) is 0.222. The number of esters is 1. The molecule has 0 aliphatic heterocycles. The zero-order valence-corrected chi connectivity index (χ0v) is 13.0. The van der Waals surface area contributed by atoms with E-state index >= 15 is 0 Å². The van der Waals surface area contributed by atoms with Crippen molar-refractivity contribution in [3.05, 3.63) is 71.8 Å². The first-order chi connectivity index (χ1) is 11.0. The lowest BCUT2D eigenvalue weighted by molar-refractivity contribution is -0.140. The summed E-state index contributed by atoms with van der Waals surface area (Å²) in [5.41, 5.74) is 7.29. The first kappa shape index (κ1) is 18.4. The molecule has 0 fully saturated rings. The smallest absolute Gasteiger partial charge is 0.320 e. The van der Waals surface area contributed by atoms with E-state index in [9.17, 15) is 9.59 Å². The van der Waals surface area contributed by atoms with Crippen molar-refractivity contribution in [2.75, 3.05) is 7.11 Å². The molecule has 0 aromatic heterocycles. The predicted molar refractivity (Wildman–Crippen MR) is 87.9 cm³/mol. The molecule has 2 aromatic carbocycles. The minimum atomic E-state index is -0.959. The summed E-state index contributed by atoms with van der Waals surface area (Å²) in [6, 6.07) is 18.1. The Bertz CT molecular complexity index is 599. The average molecular weight is 315 g/mol. The highest BCUT2D eigenvalue weighted by atomic mass is 16.5. The van der Waals surface area contributed by atoms with Crippen LogP contribution in [0.15, 0.2) is 60.7 Å². The highest BCUT2D eigenvalue weighted by Crippen LogP contribution is 2.01. The summed E-state index contributed by atoms with van der Waals surface area (Å²) < 4.78 is 4.52. The van der Waals surface area contributed by atoms with Crippen LogP contribution >= 0.6 is 0 Å². The minimum Gasteiger partial charge on any atom is -0.480 e. The molecule has 0 spiro atoms. The van der Waals surface area contributed by atoms with E-state index < -0.39 is 12.0 Å². The summed E-state index contributed by atoms with van der Waals surface area (Å²) in [4.78, 5) is 21.1. The van der Waals surface area contributed by atoms with E-state index in [4.69, 9.17) is 10.8 Å². The number of carboxylic acid groups (broad SMARTS) is 1. The van der Waals surface area contributed by atoms with E-state index in [2.05, 4.69) is 4.74 Å². The Morgan fingerprint density at radius 2 is 1.48 bits per heavy atom. The number of nitrogens with two attached hydrogens (primary N) is 1. The van der Waals surface area contributed by atoms with Gasteiger partial charge in [0, 0.05) is 0 Å². The minimum absolute atomic E-state index is 0.198. The van der Waals surface area contributed by atoms with Crippen molar-refractivity contribution in [1.82, 2.24) is 0 Å². The third-order valence-electron chi connectivity index (χ3n) is 3.03. The second-order valence-electron chi connectivity index (χ2n) is 4.87. The summed E-state index contributed by atoms with van der Waals surface area (Å²) in [7, 11) is 1.39. The van der Waals surface area contributed by atoms with Gasteiger partial charge in [0.2, 0.25) is 0 Å². The van der Waals surface area contributed by atoms with Crippen molar-refractivity contribution in [2.45, 2.75) is 18.9 Å². The molecule has 0 radical (unpaired) electrons. The van der Waals surface area contributed by atoms with Crippen LogP contribution in [0.2, 0.25) is 0 Å². The second-order valence-corrected chi connectivity index (χ2v) is 4.87. The van der Waals surface area contributed by atoms with Crippen molar-refractivity contribution < 1.29 is 19.4 Å². The fourth-order valence-corrected chi connectivity index (χ4v) is 1.79. The van der Waals surface area contributed by atoms with Gasteiger partial charge in [-0.2, -0.15) is 0 Å². The Labute approximate surface area is 135 Å². The summed E-state index contributed by atoms with van der Waals surface area (Å²) in [5, 5.41) is 8.52. The average Bonchev–Trinajstić information content (AvgIpc) is 2.57. The van der Waals surface area contributed by atoms with Gasteiger partial charge in [0.15, 0.2) is 0 Å². The number of hydrogen-bond acceptors (Lipinski definition) is 4. The van der Waals surface area contributed by atoms with Crippen LogP contribution in [0.25, 0.3) is 0 Å². The molecular formula is C18H21NO4. The number of carbonyl (C=O) groups is 2. The van der Waals surface area contributed by atoms with Gasteiger partial charge >= 0.3 is 11.9 Å². The molecule has 2 aromatic rings. The highest BCUT2D eigenvalue weighted by molar-refractivity contribution is 5.73. The summed E-state index contributed by atoms with van der Waals surface area (Å²) in [6.07, 6.45) is 0.744. The van der Waals surface area contributed by atoms with Gasteiger partial charge in [-0.05, 0) is 17.5 Å². The molecule has 3 N–H and O–H groups in total. The number of ether oxygens (including phenoxy) is 1. The topological polar surface area (TPSA) is 89.6 Å². The number of methoxy groups -OCH3 is 1. The van der Waals surface area contributed by atoms with E-state index in [1.165, 1.54) is 7.11 Å². The van der Waals surface area contributed by atoms with Gasteiger partial charge in [0.05, 0.1) is 13.5 Å². The molecule has 0 saturated heterocycles. The zero-order chi connectivity index (χ0) is 17.1. The maximum atomic E-state index is 10.8. The van der Waals surface area contributed by atoms with Crippen molar-refractivity contribution in [3.63, 3.8) is 0 Å². The zero-order valence-electron chi connectivity index (χ0n) is 13.0. The first-order valence-electron chi connectivity index (χ1n) is 7.16. The van der Waals surface area contributed by atoms with E-state index in [1.807, 2.05) is 60.7 Å². The Hall–Kier alpha value is -2.66. The van der Waals surface area contributed by atoms with E-state index in [0.717, 1.165) is 11.1 Å². The molecule has 0 amide bonds. The molecule has 0 heterocycles. The standard InChI is InChI=1S/C9H11NO2.C9H10O2/c10-8(9(11)12)6-7-4-2-1-3-5-7;1-11-9(10)7-8-5-3-2-4-6-8/h1-5,8H,6,10H2,(H,11,12);2-6H,7H2,1H3/t8-;/m0./s1. The molecule has 0 unspecified atom stereocenters. The molecule has 0 saturated carbocycles. The normalized spacial score (nSPS) is 10.9. The van der Waals surface area contributed by atoms with Crippen molar-refractivity contribution >= 4 is 11.9 Å². The number of benzene rings is 2. The summed E-state index contributed by atoms with van der Waals surface area (Å²) >= 11 is 0. The SMILES string of the molecule is COC(=O)Cc1ccccc1.N[C@@H](Cc1ccccc1)C(=O)O. The highest BCUT2D eigenvalue weighted by Gasteiger charge is 2.10. The number of carboxylic acids is 1. The molecular weight excluding hydrogens is 294 g/mol. The summed E-state index contributed by atoms with van der Waals surface area (Å²) in [6.45, 7) is 0. The van der Waals surface area contributed by atoms with Gasteiger partial charge in [-0.25, -0.2) is 0 Å². The number of rotatable bonds is 5. The Morgan fingerprint density at radius 1 is 1.00 bits per heavy atom. The van der Waals surface area contributed by atoms with Crippen molar-refractivity contribution in [2.24, 2.45) is 5.73 Å². The number of hydrogen-bond donors (Lipinski definition) is 2. The summed E-state index contributed by atoms with van der Waals surface area (Å²) in [5.74, 6) is -1.16.